The Kier molecular flexibility index (Phi) is 11.0. The Bertz CT molecular complexity index is 326. The first-order chi connectivity index (χ1) is 10.3. The molecular weight excluding hydrogens is 337 g/mol. The second-order valence-corrected chi connectivity index (χ2v) is 4.93. The highest BCUT2D eigenvalue weighted by Gasteiger charge is 2.72. The van der Waals surface area contributed by atoms with Gasteiger partial charge in [0.25, 0.3) is 0 Å². The van der Waals surface area contributed by atoms with Crippen molar-refractivity contribution in [2.75, 3.05) is 0 Å². The Morgan fingerprint density at radius 3 is 1.48 bits per heavy atom. The van der Waals surface area contributed by atoms with Gasteiger partial charge in [0.2, 0.25) is 0 Å². The number of carbonyl (C=O) groups is 1. The standard InChI is InChI=1S/C12H19F7.CH2O3/c1-2-3-4-5-6-7-8-9-10(13,14)11(15,16)12(17,18)19;2-1(3)4/h2-9H2,1H3;(H2,2,3,4). The van der Waals surface area contributed by atoms with Crippen LogP contribution in [0.2, 0.25) is 0 Å². The maximum atomic E-state index is 12.9. The van der Waals surface area contributed by atoms with Crippen molar-refractivity contribution in [1.29, 1.82) is 0 Å². The Labute approximate surface area is 129 Å². The number of alkyl halides is 7. The highest BCUT2D eigenvalue weighted by molar-refractivity contribution is 5.53. The number of unbranched alkanes of at least 4 members (excludes halogenated alkanes) is 6. The fourth-order valence-electron chi connectivity index (χ4n) is 1.67. The maximum absolute atomic E-state index is 12.9. The van der Waals surface area contributed by atoms with Gasteiger partial charge in [-0.3, -0.25) is 0 Å². The summed E-state index contributed by atoms with van der Waals surface area (Å²) in [6.45, 7) is 2.00. The van der Waals surface area contributed by atoms with E-state index in [0.717, 1.165) is 25.7 Å². The molecule has 0 aromatic carbocycles. The third kappa shape index (κ3) is 10.2. The quantitative estimate of drug-likeness (QED) is 0.382. The molecule has 0 heterocycles. The van der Waals surface area contributed by atoms with E-state index in [1.807, 2.05) is 6.92 Å². The van der Waals surface area contributed by atoms with Crippen LogP contribution in [0, 0.1) is 0 Å². The van der Waals surface area contributed by atoms with Gasteiger partial charge in [0.15, 0.2) is 0 Å². The number of rotatable bonds is 9. The van der Waals surface area contributed by atoms with Crippen molar-refractivity contribution >= 4 is 6.16 Å². The summed E-state index contributed by atoms with van der Waals surface area (Å²) in [5.74, 6) is -11.0. The summed E-state index contributed by atoms with van der Waals surface area (Å²) < 4.78 is 86.2. The molecule has 0 bridgehead atoms. The summed E-state index contributed by atoms with van der Waals surface area (Å²) in [6.07, 6.45) is -5.27. The first-order valence-corrected chi connectivity index (χ1v) is 7.03. The third-order valence-corrected chi connectivity index (χ3v) is 2.91. The molecule has 140 valence electrons. The van der Waals surface area contributed by atoms with Crippen LogP contribution in [0.4, 0.5) is 35.5 Å². The van der Waals surface area contributed by atoms with E-state index in [-0.39, 0.29) is 12.8 Å². The molecule has 0 aromatic rings. The van der Waals surface area contributed by atoms with E-state index in [4.69, 9.17) is 15.0 Å². The van der Waals surface area contributed by atoms with Crippen molar-refractivity contribution in [3.63, 3.8) is 0 Å². The predicted molar refractivity (Wildman–Crippen MR) is 69.2 cm³/mol. The predicted octanol–water partition coefficient (Wildman–Crippen LogP) is 6.18. The molecule has 0 spiro atoms. The molecule has 0 aromatic heterocycles. The largest absolute Gasteiger partial charge is 0.503 e. The minimum absolute atomic E-state index is 0.243. The normalized spacial score (nSPS) is 12.5. The van der Waals surface area contributed by atoms with Gasteiger partial charge in [-0.05, 0) is 6.42 Å². The first-order valence-electron chi connectivity index (χ1n) is 7.03. The summed E-state index contributed by atoms with van der Waals surface area (Å²) in [5.41, 5.74) is 0. The van der Waals surface area contributed by atoms with Gasteiger partial charge < -0.3 is 10.2 Å². The van der Waals surface area contributed by atoms with E-state index in [1.165, 1.54) is 0 Å². The minimum Gasteiger partial charge on any atom is -0.450 e. The van der Waals surface area contributed by atoms with Gasteiger partial charge in [0, 0.05) is 6.42 Å². The second kappa shape index (κ2) is 10.5. The highest BCUT2D eigenvalue weighted by atomic mass is 19.4. The molecule has 0 fully saturated rings. The maximum Gasteiger partial charge on any atom is 0.503 e. The lowest BCUT2D eigenvalue weighted by Crippen LogP contribution is -2.51. The van der Waals surface area contributed by atoms with Crippen LogP contribution >= 0.6 is 0 Å². The average Bonchev–Trinajstić information content (AvgIpc) is 2.35. The van der Waals surface area contributed by atoms with Crippen molar-refractivity contribution in [1.82, 2.24) is 0 Å². The molecule has 0 amide bonds. The van der Waals surface area contributed by atoms with Gasteiger partial charge in [0.05, 0.1) is 0 Å². The van der Waals surface area contributed by atoms with E-state index in [0.29, 0.717) is 6.42 Å². The van der Waals surface area contributed by atoms with Gasteiger partial charge in [-0.25, -0.2) is 4.79 Å². The molecule has 10 heteroatoms. The zero-order chi connectivity index (χ0) is 18.7. The molecule has 0 unspecified atom stereocenters. The van der Waals surface area contributed by atoms with Crippen LogP contribution in [0.25, 0.3) is 0 Å². The van der Waals surface area contributed by atoms with Crippen molar-refractivity contribution in [3.05, 3.63) is 0 Å². The summed E-state index contributed by atoms with van der Waals surface area (Å²) in [4.78, 5) is 8.56. The second-order valence-electron chi connectivity index (χ2n) is 4.93. The van der Waals surface area contributed by atoms with Gasteiger partial charge in [-0.15, -0.1) is 0 Å². The van der Waals surface area contributed by atoms with Gasteiger partial charge >= 0.3 is 24.2 Å². The Morgan fingerprint density at radius 2 is 1.13 bits per heavy atom. The van der Waals surface area contributed by atoms with Crippen molar-refractivity contribution < 1.29 is 45.7 Å². The summed E-state index contributed by atoms with van der Waals surface area (Å²) in [5, 5.41) is 13.9. The summed E-state index contributed by atoms with van der Waals surface area (Å²) in [6, 6.07) is 0. The lowest BCUT2D eigenvalue weighted by atomic mass is 10.0. The molecule has 23 heavy (non-hydrogen) atoms. The minimum atomic E-state index is -6.21. The van der Waals surface area contributed by atoms with Gasteiger partial charge in [0.1, 0.15) is 0 Å². The fourth-order valence-corrected chi connectivity index (χ4v) is 1.67. The number of hydrogen-bond donors (Lipinski definition) is 2. The van der Waals surface area contributed by atoms with E-state index in [2.05, 4.69) is 0 Å². The van der Waals surface area contributed by atoms with Gasteiger partial charge in [-0.1, -0.05) is 45.4 Å². The van der Waals surface area contributed by atoms with Crippen molar-refractivity contribution in [2.24, 2.45) is 0 Å². The zero-order valence-corrected chi connectivity index (χ0v) is 12.6. The molecule has 0 radical (unpaired) electrons. The summed E-state index contributed by atoms with van der Waals surface area (Å²) >= 11 is 0. The Hall–Kier alpha value is -1.22. The Morgan fingerprint density at radius 1 is 0.783 bits per heavy atom. The zero-order valence-electron chi connectivity index (χ0n) is 12.6. The lowest BCUT2D eigenvalue weighted by molar-refractivity contribution is -0.355. The lowest BCUT2D eigenvalue weighted by Gasteiger charge is -2.28. The van der Waals surface area contributed by atoms with E-state index in [1.54, 1.807) is 0 Å². The molecular formula is C13H21F7O3. The van der Waals surface area contributed by atoms with E-state index >= 15 is 0 Å². The monoisotopic (exact) mass is 358 g/mol. The third-order valence-electron chi connectivity index (χ3n) is 2.91. The van der Waals surface area contributed by atoms with Crippen LogP contribution in [0.15, 0.2) is 0 Å². The average molecular weight is 358 g/mol. The van der Waals surface area contributed by atoms with E-state index < -0.39 is 30.6 Å². The molecule has 0 aliphatic rings. The van der Waals surface area contributed by atoms with Crippen molar-refractivity contribution in [2.45, 2.75) is 76.3 Å². The van der Waals surface area contributed by atoms with Gasteiger partial charge in [-0.2, -0.15) is 30.7 Å². The van der Waals surface area contributed by atoms with Crippen LogP contribution in [0.5, 0.6) is 0 Å². The molecule has 3 nitrogen and oxygen atoms in total. The molecule has 0 aliphatic carbocycles. The smallest absolute Gasteiger partial charge is 0.450 e. The van der Waals surface area contributed by atoms with Crippen LogP contribution in [0.3, 0.4) is 0 Å². The number of carboxylic acid groups (broad SMARTS) is 2. The highest BCUT2D eigenvalue weighted by Crippen LogP contribution is 2.48. The molecule has 2 N–H and O–H groups in total. The topological polar surface area (TPSA) is 57.5 Å². The molecule has 0 rings (SSSR count). The SMILES string of the molecule is CCCCCCCCCC(F)(F)C(F)(F)C(F)(F)F.O=C(O)O. The van der Waals surface area contributed by atoms with Crippen LogP contribution in [-0.2, 0) is 0 Å². The Balaban J connectivity index is 0. The first kappa shape index (κ1) is 24.0. The van der Waals surface area contributed by atoms with Crippen LogP contribution in [0.1, 0.15) is 58.3 Å². The van der Waals surface area contributed by atoms with Crippen LogP contribution < -0.4 is 0 Å². The van der Waals surface area contributed by atoms with Crippen molar-refractivity contribution in [3.8, 4) is 0 Å². The molecule has 0 atom stereocenters. The molecule has 0 saturated heterocycles. The summed E-state index contributed by atoms with van der Waals surface area (Å²) in [7, 11) is 0. The number of hydrogen-bond acceptors (Lipinski definition) is 1. The molecule has 0 aliphatic heterocycles. The molecule has 0 saturated carbocycles. The number of halogens is 7. The van der Waals surface area contributed by atoms with E-state index in [9.17, 15) is 30.7 Å². The fraction of sp³-hybridized carbons (Fsp3) is 0.923. The van der Waals surface area contributed by atoms with Crippen LogP contribution in [-0.4, -0.2) is 34.4 Å².